The van der Waals surface area contributed by atoms with Crippen LogP contribution in [0.4, 0.5) is 0 Å². The smallest absolute Gasteiger partial charge is 0.338 e. The van der Waals surface area contributed by atoms with E-state index in [4.69, 9.17) is 19.3 Å². The number of rotatable bonds is 11. The number of unbranched alkanes of at least 4 members (excludes halogenated alkanes) is 2. The van der Waals surface area contributed by atoms with Crippen molar-refractivity contribution in [2.45, 2.75) is 26.2 Å². The van der Waals surface area contributed by atoms with Crippen LogP contribution in [0.25, 0.3) is 26.8 Å². The Morgan fingerprint density at radius 3 is 2.51 bits per heavy atom. The third-order valence-corrected chi connectivity index (χ3v) is 7.34. The molecule has 0 aliphatic carbocycles. The van der Waals surface area contributed by atoms with Crippen LogP contribution in [0.1, 0.15) is 36.5 Å². The van der Waals surface area contributed by atoms with Gasteiger partial charge >= 0.3 is 5.97 Å². The molecule has 2 aromatic carbocycles. The van der Waals surface area contributed by atoms with Gasteiger partial charge in [-0.2, -0.15) is 5.10 Å². The quantitative estimate of drug-likeness (QED) is 0.199. The lowest BCUT2D eigenvalue weighted by molar-refractivity contribution is 0.0370. The molecule has 0 saturated carbocycles. The molecule has 37 heavy (non-hydrogen) atoms. The van der Waals surface area contributed by atoms with Gasteiger partial charge < -0.3 is 14.2 Å². The second-order valence-corrected chi connectivity index (χ2v) is 9.89. The molecule has 1 saturated heterocycles. The number of carbonyl (C=O) groups is 1. The van der Waals surface area contributed by atoms with Gasteiger partial charge in [0.2, 0.25) is 4.96 Å². The van der Waals surface area contributed by atoms with E-state index >= 15 is 0 Å². The van der Waals surface area contributed by atoms with Crippen LogP contribution in [0.3, 0.4) is 0 Å². The standard InChI is InChI=1S/C28H32N4O4S/c1-2-35-27(33)23-8-6-21(7-9-23)25-20-29-28-32(25)30-26(37-28)22-10-12-24(13-11-22)36-17-5-3-4-14-31-15-18-34-19-16-31/h6-13,20H,2-5,14-19H2,1H3. The van der Waals surface area contributed by atoms with Crippen LogP contribution in [-0.2, 0) is 9.47 Å². The van der Waals surface area contributed by atoms with Gasteiger partial charge in [-0.05, 0) is 69.1 Å². The minimum absolute atomic E-state index is 0.320. The van der Waals surface area contributed by atoms with E-state index in [0.29, 0.717) is 12.2 Å². The molecule has 1 aliphatic heterocycles. The summed E-state index contributed by atoms with van der Waals surface area (Å²) in [6, 6.07) is 15.4. The number of esters is 1. The summed E-state index contributed by atoms with van der Waals surface area (Å²) in [6.45, 7) is 7.86. The third-order valence-electron chi connectivity index (χ3n) is 6.37. The van der Waals surface area contributed by atoms with Crippen molar-refractivity contribution >= 4 is 22.3 Å². The van der Waals surface area contributed by atoms with Crippen LogP contribution in [0.15, 0.2) is 54.7 Å². The molecule has 0 N–H and O–H groups in total. The first-order valence-electron chi connectivity index (χ1n) is 12.9. The molecule has 4 aromatic rings. The summed E-state index contributed by atoms with van der Waals surface area (Å²) < 4.78 is 18.3. The Bertz CT molecular complexity index is 1290. The van der Waals surface area contributed by atoms with Crippen LogP contribution in [0.2, 0.25) is 0 Å². The van der Waals surface area contributed by atoms with Crippen molar-refractivity contribution in [3.05, 3.63) is 60.3 Å². The maximum Gasteiger partial charge on any atom is 0.338 e. The van der Waals surface area contributed by atoms with Gasteiger partial charge in [0, 0.05) is 24.2 Å². The Hall–Kier alpha value is -3.27. The number of carbonyl (C=O) groups excluding carboxylic acids is 1. The van der Waals surface area contributed by atoms with Crippen molar-refractivity contribution in [1.29, 1.82) is 0 Å². The van der Waals surface area contributed by atoms with Gasteiger partial charge in [-0.25, -0.2) is 14.3 Å². The van der Waals surface area contributed by atoms with Crippen molar-refractivity contribution in [2.24, 2.45) is 0 Å². The summed E-state index contributed by atoms with van der Waals surface area (Å²) >= 11 is 1.54. The summed E-state index contributed by atoms with van der Waals surface area (Å²) in [5.74, 6) is 0.556. The van der Waals surface area contributed by atoms with Crippen molar-refractivity contribution in [1.82, 2.24) is 19.5 Å². The molecular formula is C28H32N4O4S. The highest BCUT2D eigenvalue weighted by atomic mass is 32.1. The molecule has 3 heterocycles. The fourth-order valence-corrected chi connectivity index (χ4v) is 5.20. The first-order valence-corrected chi connectivity index (χ1v) is 13.7. The Labute approximate surface area is 220 Å². The number of fused-ring (bicyclic) bond motifs is 1. The van der Waals surface area contributed by atoms with E-state index in [1.165, 1.54) is 24.2 Å². The van der Waals surface area contributed by atoms with Gasteiger partial charge in [-0.1, -0.05) is 23.5 Å². The number of aromatic nitrogens is 3. The molecule has 0 amide bonds. The summed E-state index contributed by atoms with van der Waals surface area (Å²) in [5, 5.41) is 5.69. The summed E-state index contributed by atoms with van der Waals surface area (Å²) in [6.07, 6.45) is 5.23. The molecule has 5 rings (SSSR count). The largest absolute Gasteiger partial charge is 0.494 e. The van der Waals surface area contributed by atoms with Gasteiger partial charge in [0.15, 0.2) is 0 Å². The first-order chi connectivity index (χ1) is 18.2. The Balaban J connectivity index is 1.15. The van der Waals surface area contributed by atoms with Crippen molar-refractivity contribution in [3.63, 3.8) is 0 Å². The Morgan fingerprint density at radius 2 is 1.76 bits per heavy atom. The zero-order valence-corrected chi connectivity index (χ0v) is 21.9. The van der Waals surface area contributed by atoms with Crippen LogP contribution in [-0.4, -0.2) is 71.5 Å². The van der Waals surface area contributed by atoms with Crippen LogP contribution < -0.4 is 4.74 Å². The van der Waals surface area contributed by atoms with Gasteiger partial charge in [0.1, 0.15) is 10.8 Å². The van der Waals surface area contributed by atoms with Gasteiger partial charge in [0.05, 0.1) is 43.9 Å². The highest BCUT2D eigenvalue weighted by molar-refractivity contribution is 7.19. The lowest BCUT2D eigenvalue weighted by atomic mass is 10.1. The summed E-state index contributed by atoms with van der Waals surface area (Å²) in [5.41, 5.74) is 3.37. The molecule has 1 fully saturated rings. The number of imidazole rings is 1. The first kappa shape index (κ1) is 25.4. The van der Waals surface area contributed by atoms with E-state index in [1.807, 2.05) is 40.9 Å². The summed E-state index contributed by atoms with van der Waals surface area (Å²) in [7, 11) is 0. The number of hydrogen-bond donors (Lipinski definition) is 0. The van der Waals surface area contributed by atoms with Crippen molar-refractivity contribution < 1.29 is 19.0 Å². The highest BCUT2D eigenvalue weighted by Crippen LogP contribution is 2.30. The summed E-state index contributed by atoms with van der Waals surface area (Å²) in [4.78, 5) is 19.8. The second kappa shape index (κ2) is 12.3. The molecule has 9 heteroatoms. The van der Waals surface area contributed by atoms with Gasteiger partial charge in [0.25, 0.3) is 0 Å². The second-order valence-electron chi connectivity index (χ2n) is 8.93. The van der Waals surface area contributed by atoms with E-state index in [1.54, 1.807) is 25.3 Å². The maximum atomic E-state index is 11.9. The van der Waals surface area contributed by atoms with Crippen molar-refractivity contribution in [2.75, 3.05) is 46.1 Å². The monoisotopic (exact) mass is 520 g/mol. The average molecular weight is 521 g/mol. The number of morpholine rings is 1. The predicted octanol–water partition coefficient (Wildman–Crippen LogP) is 5.18. The van der Waals surface area contributed by atoms with E-state index in [2.05, 4.69) is 9.88 Å². The number of hydrogen-bond acceptors (Lipinski definition) is 8. The molecule has 2 aromatic heterocycles. The highest BCUT2D eigenvalue weighted by Gasteiger charge is 2.14. The Morgan fingerprint density at radius 1 is 1.00 bits per heavy atom. The van der Waals surface area contributed by atoms with Gasteiger partial charge in [-0.15, -0.1) is 0 Å². The minimum atomic E-state index is -0.320. The average Bonchev–Trinajstić information content (AvgIpc) is 3.53. The molecule has 0 atom stereocenters. The molecule has 0 spiro atoms. The predicted molar refractivity (Wildman–Crippen MR) is 144 cm³/mol. The number of ether oxygens (including phenoxy) is 3. The maximum absolute atomic E-state index is 11.9. The van der Waals surface area contributed by atoms with E-state index in [9.17, 15) is 4.79 Å². The molecule has 0 radical (unpaired) electrons. The van der Waals surface area contributed by atoms with E-state index in [0.717, 1.165) is 78.4 Å². The number of nitrogens with zero attached hydrogens (tertiary/aromatic N) is 4. The van der Waals surface area contributed by atoms with E-state index < -0.39 is 0 Å². The lowest BCUT2D eigenvalue weighted by Gasteiger charge is -2.26. The van der Waals surface area contributed by atoms with E-state index in [-0.39, 0.29) is 5.97 Å². The number of benzene rings is 2. The third kappa shape index (κ3) is 6.36. The molecule has 8 nitrogen and oxygen atoms in total. The normalized spacial score (nSPS) is 14.2. The van der Waals surface area contributed by atoms with Crippen LogP contribution in [0.5, 0.6) is 5.75 Å². The topological polar surface area (TPSA) is 78.2 Å². The van der Waals surface area contributed by atoms with Crippen molar-refractivity contribution in [3.8, 4) is 27.6 Å². The van der Waals surface area contributed by atoms with Crippen LogP contribution >= 0.6 is 11.3 Å². The fourth-order valence-electron chi connectivity index (χ4n) is 4.32. The molecule has 0 bridgehead atoms. The zero-order chi connectivity index (χ0) is 25.5. The fraction of sp³-hybridized carbons (Fsp3) is 0.393. The SMILES string of the molecule is CCOC(=O)c1ccc(-c2cnc3sc(-c4ccc(OCCCCCN5CCOCC5)cc4)nn23)cc1. The molecule has 1 aliphatic rings. The lowest BCUT2D eigenvalue weighted by Crippen LogP contribution is -2.36. The van der Waals surface area contributed by atoms with Crippen LogP contribution in [0, 0.1) is 0 Å². The molecular weight excluding hydrogens is 488 g/mol. The van der Waals surface area contributed by atoms with Gasteiger partial charge in [-0.3, -0.25) is 4.90 Å². The molecule has 0 unspecified atom stereocenters. The minimum Gasteiger partial charge on any atom is -0.494 e. The Kier molecular flexibility index (Phi) is 8.45. The zero-order valence-electron chi connectivity index (χ0n) is 21.1. The molecule has 194 valence electrons.